The monoisotopic (exact) mass is 582 g/mol. The molecule has 1 fully saturated rings. The summed E-state index contributed by atoms with van der Waals surface area (Å²) in [4.78, 5) is 13.6. The summed E-state index contributed by atoms with van der Waals surface area (Å²) >= 11 is 13.2. The summed E-state index contributed by atoms with van der Waals surface area (Å²) in [5.74, 6) is 0.0278. The fourth-order valence-corrected chi connectivity index (χ4v) is 5.39. The molecule has 1 amide bonds. The molecule has 0 spiro atoms. The minimum absolute atomic E-state index is 0.129. The number of carbonyl (C=O) groups excluding carboxylic acids is 1. The van der Waals surface area contributed by atoms with E-state index < -0.39 is 0 Å². The van der Waals surface area contributed by atoms with E-state index in [2.05, 4.69) is 62.2 Å². The van der Waals surface area contributed by atoms with Crippen LogP contribution in [0, 0.1) is 5.92 Å². The topological polar surface area (TPSA) is 32.7 Å². The molecule has 5 rings (SSSR count). The average Bonchev–Trinajstić information content (AvgIpc) is 3.21. The highest BCUT2D eigenvalue weighted by Crippen LogP contribution is 2.45. The van der Waals surface area contributed by atoms with Gasteiger partial charge in [0.2, 0.25) is 0 Å². The van der Waals surface area contributed by atoms with Crippen molar-refractivity contribution in [1.29, 1.82) is 0 Å². The number of halogens is 3. The van der Waals surface area contributed by atoms with Gasteiger partial charge in [-0.1, -0.05) is 73.8 Å². The van der Waals surface area contributed by atoms with Crippen LogP contribution in [0.3, 0.4) is 0 Å². The van der Waals surface area contributed by atoms with Crippen LogP contribution in [0.15, 0.2) is 92.4 Å². The van der Waals surface area contributed by atoms with Crippen molar-refractivity contribution >= 4 is 61.2 Å². The Hall–Kier alpha value is -2.21. The quantitative estimate of drug-likeness (QED) is 0.305. The van der Waals surface area contributed by atoms with Crippen molar-refractivity contribution < 1.29 is 4.79 Å². The zero-order valence-electron chi connectivity index (χ0n) is 17.7. The van der Waals surface area contributed by atoms with Crippen molar-refractivity contribution in [2.75, 3.05) is 0 Å². The Morgan fingerprint density at radius 2 is 1.70 bits per heavy atom. The normalized spacial score (nSPS) is 21.1. The first kappa shape index (κ1) is 22.6. The molecule has 166 valence electrons. The van der Waals surface area contributed by atoms with E-state index in [1.54, 1.807) is 29.3 Å². The van der Waals surface area contributed by atoms with Crippen LogP contribution in [0.4, 0.5) is 0 Å². The molecule has 1 heterocycles. The van der Waals surface area contributed by atoms with Gasteiger partial charge in [-0.25, -0.2) is 5.01 Å². The molecule has 6 heteroatoms. The Labute approximate surface area is 215 Å². The number of carbonyl (C=O) groups is 1. The first-order valence-corrected chi connectivity index (χ1v) is 12.9. The van der Waals surface area contributed by atoms with E-state index in [1.807, 2.05) is 24.3 Å². The van der Waals surface area contributed by atoms with E-state index in [9.17, 15) is 4.79 Å². The lowest BCUT2D eigenvalue weighted by Gasteiger charge is -2.29. The summed E-state index contributed by atoms with van der Waals surface area (Å²) in [6.07, 6.45) is 5.23. The van der Waals surface area contributed by atoms with E-state index >= 15 is 0 Å². The Balaban J connectivity index is 1.58. The van der Waals surface area contributed by atoms with Crippen LogP contribution in [0.2, 0.25) is 5.02 Å². The molecular weight excluding hydrogens is 564 g/mol. The van der Waals surface area contributed by atoms with E-state index in [0.717, 1.165) is 45.0 Å². The molecule has 1 aliphatic heterocycles. The molecule has 0 unspecified atom stereocenters. The smallest absolute Gasteiger partial charge is 0.267 e. The summed E-state index contributed by atoms with van der Waals surface area (Å²) in [6.45, 7) is 0. The van der Waals surface area contributed by atoms with Crippen LogP contribution in [-0.4, -0.2) is 16.6 Å². The Bertz CT molecular complexity index is 1250. The third-order valence-electron chi connectivity index (χ3n) is 6.20. The predicted molar refractivity (Wildman–Crippen MR) is 141 cm³/mol. The van der Waals surface area contributed by atoms with Gasteiger partial charge >= 0.3 is 0 Å². The van der Waals surface area contributed by atoms with Crippen molar-refractivity contribution in [2.24, 2.45) is 11.0 Å². The molecule has 1 aliphatic carbocycles. The number of rotatable bonds is 3. The minimum Gasteiger partial charge on any atom is -0.267 e. The first-order chi connectivity index (χ1) is 16.0. The Kier molecular flexibility index (Phi) is 6.55. The van der Waals surface area contributed by atoms with Gasteiger partial charge < -0.3 is 0 Å². The standard InChI is InChI=1S/C27H21Br2ClN2O/c28-21-11-7-17(8-12-21)15-19-3-2-6-24-25(19)31-32(26(24)18-9-13-22(29)14-10-18)27(33)20-4-1-5-23(30)16-20/h1,4-5,7-16,24,26H,2-3,6H2/b19-15+/t24-,26+/m1/s1. The second-order valence-corrected chi connectivity index (χ2v) is 10.6. The van der Waals surface area contributed by atoms with Crippen molar-refractivity contribution in [3.05, 3.63) is 109 Å². The second kappa shape index (κ2) is 9.57. The van der Waals surface area contributed by atoms with E-state index in [4.69, 9.17) is 16.7 Å². The number of hydrazone groups is 1. The van der Waals surface area contributed by atoms with Gasteiger partial charge in [-0.2, -0.15) is 5.10 Å². The minimum atomic E-state index is -0.145. The average molecular weight is 585 g/mol. The largest absolute Gasteiger partial charge is 0.274 e. The van der Waals surface area contributed by atoms with Gasteiger partial charge in [-0.3, -0.25) is 4.79 Å². The fourth-order valence-electron chi connectivity index (χ4n) is 4.68. The maximum absolute atomic E-state index is 13.6. The number of fused-ring (bicyclic) bond motifs is 1. The molecule has 0 aromatic heterocycles. The van der Waals surface area contributed by atoms with Crippen LogP contribution >= 0.6 is 43.5 Å². The van der Waals surface area contributed by atoms with Gasteiger partial charge in [0.05, 0.1) is 11.8 Å². The molecule has 1 saturated carbocycles. The SMILES string of the molecule is O=C(c1cccc(Cl)c1)N1N=C2/C(=C/c3ccc(Br)cc3)CCC[C@H]2[C@@H]1c1ccc(Br)cc1. The lowest BCUT2D eigenvalue weighted by atomic mass is 9.77. The van der Waals surface area contributed by atoms with Gasteiger partial charge in [-0.05, 0) is 84.5 Å². The fraction of sp³-hybridized carbons (Fsp3) is 0.185. The predicted octanol–water partition coefficient (Wildman–Crippen LogP) is 8.30. The molecular formula is C27H21Br2ClN2O. The zero-order chi connectivity index (χ0) is 22.9. The molecule has 0 bridgehead atoms. The van der Waals surface area contributed by atoms with E-state index in [-0.39, 0.29) is 17.9 Å². The highest BCUT2D eigenvalue weighted by molar-refractivity contribution is 9.10. The van der Waals surface area contributed by atoms with Gasteiger partial charge in [0, 0.05) is 25.4 Å². The maximum Gasteiger partial charge on any atom is 0.274 e. The van der Waals surface area contributed by atoms with Crippen LogP contribution in [0.1, 0.15) is 46.8 Å². The van der Waals surface area contributed by atoms with Crippen molar-refractivity contribution in [3.8, 4) is 0 Å². The lowest BCUT2D eigenvalue weighted by Crippen LogP contribution is -2.31. The number of nitrogens with zero attached hydrogens (tertiary/aromatic N) is 2. The summed E-state index contributed by atoms with van der Waals surface area (Å²) < 4.78 is 2.07. The third-order valence-corrected chi connectivity index (χ3v) is 7.50. The number of hydrogen-bond donors (Lipinski definition) is 0. The third kappa shape index (κ3) is 4.72. The van der Waals surface area contributed by atoms with Crippen LogP contribution in [-0.2, 0) is 0 Å². The summed E-state index contributed by atoms with van der Waals surface area (Å²) in [7, 11) is 0. The lowest BCUT2D eigenvalue weighted by molar-refractivity contribution is 0.0681. The number of benzene rings is 3. The molecule has 3 aromatic rings. The molecule has 0 N–H and O–H groups in total. The van der Waals surface area contributed by atoms with Crippen molar-refractivity contribution in [3.63, 3.8) is 0 Å². The molecule has 2 atom stereocenters. The molecule has 3 aromatic carbocycles. The zero-order valence-corrected chi connectivity index (χ0v) is 21.6. The Morgan fingerprint density at radius 3 is 2.39 bits per heavy atom. The number of hydrogen-bond acceptors (Lipinski definition) is 2. The summed E-state index contributed by atoms with van der Waals surface area (Å²) in [5, 5.41) is 7.18. The van der Waals surface area contributed by atoms with Crippen molar-refractivity contribution in [2.45, 2.75) is 25.3 Å². The highest BCUT2D eigenvalue weighted by Gasteiger charge is 2.43. The summed E-state index contributed by atoms with van der Waals surface area (Å²) in [5.41, 5.74) is 4.99. The molecule has 2 aliphatic rings. The van der Waals surface area contributed by atoms with Crippen LogP contribution in [0.5, 0.6) is 0 Å². The van der Waals surface area contributed by atoms with Gasteiger partial charge in [0.1, 0.15) is 0 Å². The van der Waals surface area contributed by atoms with E-state index in [1.165, 1.54) is 5.57 Å². The maximum atomic E-state index is 13.6. The van der Waals surface area contributed by atoms with Crippen LogP contribution < -0.4 is 0 Å². The molecule has 3 nitrogen and oxygen atoms in total. The first-order valence-electron chi connectivity index (χ1n) is 10.9. The van der Waals surface area contributed by atoms with Crippen molar-refractivity contribution in [1.82, 2.24) is 5.01 Å². The number of allylic oxidation sites excluding steroid dienone is 1. The second-order valence-electron chi connectivity index (χ2n) is 8.36. The molecule has 33 heavy (non-hydrogen) atoms. The molecule has 0 radical (unpaired) electrons. The van der Waals surface area contributed by atoms with Crippen LogP contribution in [0.25, 0.3) is 6.08 Å². The number of amides is 1. The highest BCUT2D eigenvalue weighted by atomic mass is 79.9. The van der Waals surface area contributed by atoms with Gasteiger partial charge in [0.25, 0.3) is 5.91 Å². The van der Waals surface area contributed by atoms with Gasteiger partial charge in [0.15, 0.2) is 0 Å². The Morgan fingerprint density at radius 1 is 1.00 bits per heavy atom. The molecule has 0 saturated heterocycles. The summed E-state index contributed by atoms with van der Waals surface area (Å²) in [6, 6.07) is 23.4. The van der Waals surface area contributed by atoms with E-state index in [0.29, 0.717) is 10.6 Å². The van der Waals surface area contributed by atoms with Gasteiger partial charge in [-0.15, -0.1) is 0 Å².